The van der Waals surface area contributed by atoms with Crippen LogP contribution in [0.15, 0.2) is 53.0 Å². The van der Waals surface area contributed by atoms with Crippen LogP contribution in [0.25, 0.3) is 0 Å². The van der Waals surface area contributed by atoms with Gasteiger partial charge in [-0.15, -0.1) is 0 Å². The second-order valence-corrected chi connectivity index (χ2v) is 9.14. The van der Waals surface area contributed by atoms with Crippen molar-refractivity contribution >= 4 is 50.1 Å². The number of benzene rings is 3. The second-order valence-electron chi connectivity index (χ2n) is 7.15. The maximum absolute atomic E-state index is 14.2. The van der Waals surface area contributed by atoms with Gasteiger partial charge in [-0.2, -0.15) is 0 Å². The van der Waals surface area contributed by atoms with Gasteiger partial charge in [-0.25, -0.2) is 4.39 Å². The first-order valence-corrected chi connectivity index (χ1v) is 10.8. The fourth-order valence-electron chi connectivity index (χ4n) is 4.09. The normalized spacial score (nSPS) is 15.9. The van der Waals surface area contributed by atoms with Crippen LogP contribution in [0.1, 0.15) is 44.2 Å². The predicted molar refractivity (Wildman–Crippen MR) is 123 cm³/mol. The fraction of sp³-hybridized carbons (Fsp3) is 0.174. The molecule has 0 saturated carbocycles. The largest absolute Gasteiger partial charge is 0.297 e. The van der Waals surface area contributed by atoms with Gasteiger partial charge in [-0.05, 0) is 114 Å². The van der Waals surface area contributed by atoms with E-state index in [4.69, 9.17) is 0 Å². The first-order chi connectivity index (χ1) is 13.3. The third-order valence-corrected chi connectivity index (χ3v) is 7.52. The molecule has 2 nitrogen and oxygen atoms in total. The Bertz CT molecular complexity index is 1110. The number of amides is 1. The molecule has 142 valence electrons. The van der Waals surface area contributed by atoms with Crippen LogP contribution in [0.2, 0.25) is 0 Å². The highest BCUT2D eigenvalue weighted by Gasteiger charge is 2.40. The van der Waals surface area contributed by atoms with Gasteiger partial charge in [0, 0.05) is 19.3 Å². The first-order valence-electron chi connectivity index (χ1n) is 8.94. The maximum Gasteiger partial charge on any atom is 0.259 e. The molecule has 1 aliphatic rings. The summed E-state index contributed by atoms with van der Waals surface area (Å²) in [5, 5.41) is 0. The Kier molecular flexibility index (Phi) is 5.08. The number of anilines is 1. The lowest BCUT2D eigenvalue weighted by Gasteiger charge is -2.29. The van der Waals surface area contributed by atoms with Crippen molar-refractivity contribution in [2.45, 2.75) is 26.8 Å². The van der Waals surface area contributed by atoms with E-state index in [-0.39, 0.29) is 17.8 Å². The van der Waals surface area contributed by atoms with Crippen molar-refractivity contribution in [3.63, 3.8) is 0 Å². The number of hydrogen-bond acceptors (Lipinski definition) is 1. The Morgan fingerprint density at radius 3 is 2.36 bits per heavy atom. The molecule has 0 fully saturated rings. The molecule has 0 aliphatic carbocycles. The Hall–Kier alpha value is -1.73. The zero-order chi connectivity index (χ0) is 20.2. The number of carbonyl (C=O) groups is 1. The average Bonchev–Trinajstić information content (AvgIpc) is 2.93. The Balaban J connectivity index is 2.01. The van der Waals surface area contributed by atoms with Crippen molar-refractivity contribution < 1.29 is 9.18 Å². The molecule has 0 N–H and O–H groups in total. The molecule has 1 unspecified atom stereocenters. The molecule has 1 amide bonds. The summed E-state index contributed by atoms with van der Waals surface area (Å²) in [4.78, 5) is 15.1. The summed E-state index contributed by atoms with van der Waals surface area (Å²) in [6, 6.07) is 13.9. The van der Waals surface area contributed by atoms with Gasteiger partial charge in [0.15, 0.2) is 0 Å². The second kappa shape index (κ2) is 7.26. The van der Waals surface area contributed by atoms with E-state index in [1.54, 1.807) is 11.0 Å². The van der Waals surface area contributed by atoms with Crippen molar-refractivity contribution in [2.75, 3.05) is 4.90 Å². The van der Waals surface area contributed by atoms with E-state index in [1.807, 2.05) is 24.3 Å². The van der Waals surface area contributed by atoms with Gasteiger partial charge in [0.1, 0.15) is 5.82 Å². The van der Waals surface area contributed by atoms with E-state index < -0.39 is 0 Å². The van der Waals surface area contributed by atoms with E-state index in [1.165, 1.54) is 21.3 Å². The van der Waals surface area contributed by atoms with Gasteiger partial charge in [0.25, 0.3) is 5.91 Å². The lowest BCUT2D eigenvalue weighted by molar-refractivity contribution is 0.0993. The molecule has 1 heterocycles. The molecule has 0 aromatic heterocycles. The Morgan fingerprint density at radius 2 is 1.68 bits per heavy atom. The molecule has 3 aromatic rings. The minimum atomic E-state index is -0.353. The summed E-state index contributed by atoms with van der Waals surface area (Å²) < 4.78 is 16.3. The van der Waals surface area contributed by atoms with Crippen LogP contribution in [0.4, 0.5) is 10.1 Å². The minimum Gasteiger partial charge on any atom is -0.297 e. The molecule has 1 aliphatic heterocycles. The number of rotatable bonds is 2. The van der Waals surface area contributed by atoms with Gasteiger partial charge in [-0.1, -0.05) is 22.0 Å². The van der Waals surface area contributed by atoms with Gasteiger partial charge in [-0.3, -0.25) is 9.69 Å². The molecule has 28 heavy (non-hydrogen) atoms. The quantitative estimate of drug-likeness (QED) is 0.319. The molecule has 0 saturated heterocycles. The Labute approximate surface area is 186 Å². The van der Waals surface area contributed by atoms with Crippen LogP contribution in [0.5, 0.6) is 0 Å². The Morgan fingerprint density at radius 1 is 1.00 bits per heavy atom. The first kappa shape index (κ1) is 19.6. The van der Waals surface area contributed by atoms with Crippen LogP contribution in [-0.2, 0) is 0 Å². The van der Waals surface area contributed by atoms with Crippen molar-refractivity contribution in [2.24, 2.45) is 0 Å². The lowest BCUT2D eigenvalue weighted by Crippen LogP contribution is -2.29. The van der Waals surface area contributed by atoms with Crippen LogP contribution in [-0.4, -0.2) is 5.91 Å². The van der Waals surface area contributed by atoms with Crippen LogP contribution >= 0.6 is 38.5 Å². The van der Waals surface area contributed by atoms with Crippen LogP contribution in [0.3, 0.4) is 0 Å². The summed E-state index contributed by atoms with van der Waals surface area (Å²) in [6.07, 6.45) is 0. The summed E-state index contributed by atoms with van der Waals surface area (Å²) in [5.41, 5.74) is 6.59. The van der Waals surface area contributed by atoms with Gasteiger partial charge in [0.05, 0.1) is 6.04 Å². The third-order valence-electron chi connectivity index (χ3n) is 5.33. The van der Waals surface area contributed by atoms with Crippen LogP contribution < -0.4 is 4.90 Å². The molecule has 0 radical (unpaired) electrons. The van der Waals surface area contributed by atoms with Gasteiger partial charge in [0.2, 0.25) is 0 Å². The van der Waals surface area contributed by atoms with Crippen molar-refractivity contribution in [3.05, 3.63) is 95.8 Å². The standard InChI is InChI=1S/C23H18BrFINO/c1-12-10-13(2)21(26)14(3)20(12)22-19-11-16(25)6-9-18(19)23(28)27(22)17-7-4-15(24)5-8-17/h4-11,22H,1-3H3. The molecule has 0 bridgehead atoms. The molecule has 1 atom stereocenters. The number of carbonyl (C=O) groups excluding carboxylic acids is 1. The third kappa shape index (κ3) is 3.08. The van der Waals surface area contributed by atoms with E-state index in [2.05, 4.69) is 65.4 Å². The van der Waals surface area contributed by atoms with E-state index in [0.717, 1.165) is 32.4 Å². The van der Waals surface area contributed by atoms with E-state index in [0.29, 0.717) is 5.56 Å². The topological polar surface area (TPSA) is 20.3 Å². The molecular weight excluding hydrogens is 532 g/mol. The zero-order valence-electron chi connectivity index (χ0n) is 15.7. The highest BCUT2D eigenvalue weighted by Crippen LogP contribution is 2.45. The monoisotopic (exact) mass is 549 g/mol. The minimum absolute atomic E-state index is 0.100. The molecule has 0 spiro atoms. The smallest absolute Gasteiger partial charge is 0.259 e. The lowest BCUT2D eigenvalue weighted by atomic mass is 9.89. The highest BCUT2D eigenvalue weighted by molar-refractivity contribution is 14.1. The van der Waals surface area contributed by atoms with Gasteiger partial charge < -0.3 is 0 Å². The van der Waals surface area contributed by atoms with Gasteiger partial charge >= 0.3 is 0 Å². The summed E-state index contributed by atoms with van der Waals surface area (Å²) in [6.45, 7) is 6.23. The zero-order valence-corrected chi connectivity index (χ0v) is 19.4. The highest BCUT2D eigenvalue weighted by atomic mass is 127. The summed E-state index contributed by atoms with van der Waals surface area (Å²) in [5.74, 6) is -0.428. The number of halogens is 3. The van der Waals surface area contributed by atoms with Crippen molar-refractivity contribution in [3.8, 4) is 0 Å². The SMILES string of the molecule is Cc1cc(C)c(C2c3cc(F)ccc3C(=O)N2c2ccc(Br)cc2)c(C)c1I. The summed E-state index contributed by atoms with van der Waals surface area (Å²) >= 11 is 5.81. The van der Waals surface area contributed by atoms with E-state index in [9.17, 15) is 9.18 Å². The maximum atomic E-state index is 14.2. The molecule has 4 rings (SSSR count). The average molecular weight is 550 g/mol. The number of hydrogen-bond donors (Lipinski definition) is 0. The van der Waals surface area contributed by atoms with Crippen molar-refractivity contribution in [1.82, 2.24) is 0 Å². The van der Waals surface area contributed by atoms with E-state index >= 15 is 0 Å². The van der Waals surface area contributed by atoms with Crippen molar-refractivity contribution in [1.29, 1.82) is 0 Å². The predicted octanol–water partition coefficient (Wildman–Crippen LogP) is 6.87. The number of nitrogens with zero attached hydrogens (tertiary/aromatic N) is 1. The summed E-state index contributed by atoms with van der Waals surface area (Å²) in [7, 11) is 0. The van der Waals surface area contributed by atoms with Crippen LogP contribution in [0, 0.1) is 30.2 Å². The number of aryl methyl sites for hydroxylation is 2. The molecular formula is C23H18BrFINO. The molecule has 5 heteroatoms. The molecule has 3 aromatic carbocycles. The fourth-order valence-corrected chi connectivity index (χ4v) is 4.80. The number of fused-ring (bicyclic) bond motifs is 1.